The third-order valence-corrected chi connectivity index (χ3v) is 5.52. The Bertz CT molecular complexity index is 278. The summed E-state index contributed by atoms with van der Waals surface area (Å²) in [7, 11) is 0.112. The van der Waals surface area contributed by atoms with Crippen LogP contribution in [-0.2, 0) is 0 Å². The van der Waals surface area contributed by atoms with E-state index in [9.17, 15) is 0 Å². The molecule has 0 aliphatic rings. The molecular formula is C14H23P. The minimum atomic E-state index is 0.112. The molecule has 0 amide bonds. The smallest absolute Gasteiger partial charge is 0.0235 e. The maximum Gasteiger partial charge on any atom is -0.0235 e. The molecule has 0 aromatic heterocycles. The van der Waals surface area contributed by atoms with Crippen LogP contribution in [0.1, 0.15) is 37.8 Å². The second kappa shape index (κ2) is 6.28. The number of rotatable bonds is 5. The molecule has 0 saturated carbocycles. The van der Waals surface area contributed by atoms with Gasteiger partial charge in [-0.2, -0.15) is 0 Å². The Balaban J connectivity index is 2.88. The van der Waals surface area contributed by atoms with Gasteiger partial charge in [0.05, 0.1) is 0 Å². The van der Waals surface area contributed by atoms with Gasteiger partial charge in [0.2, 0.25) is 0 Å². The molecule has 0 bridgehead atoms. The summed E-state index contributed by atoms with van der Waals surface area (Å²) >= 11 is 0. The monoisotopic (exact) mass is 222 g/mol. The van der Waals surface area contributed by atoms with Gasteiger partial charge < -0.3 is 0 Å². The van der Waals surface area contributed by atoms with E-state index in [-0.39, 0.29) is 7.92 Å². The van der Waals surface area contributed by atoms with E-state index in [4.69, 9.17) is 0 Å². The highest BCUT2D eigenvalue weighted by atomic mass is 31.1. The highest BCUT2D eigenvalue weighted by Crippen LogP contribution is 2.36. The molecule has 15 heavy (non-hydrogen) atoms. The Labute approximate surface area is 95.9 Å². The van der Waals surface area contributed by atoms with E-state index in [2.05, 4.69) is 45.9 Å². The van der Waals surface area contributed by atoms with E-state index in [1.165, 1.54) is 36.3 Å². The van der Waals surface area contributed by atoms with E-state index in [1.54, 1.807) is 5.30 Å². The summed E-state index contributed by atoms with van der Waals surface area (Å²) < 4.78 is 0. The molecule has 0 radical (unpaired) electrons. The lowest BCUT2D eigenvalue weighted by molar-refractivity contribution is 1.06. The van der Waals surface area contributed by atoms with Crippen molar-refractivity contribution in [3.63, 3.8) is 0 Å². The van der Waals surface area contributed by atoms with Gasteiger partial charge in [0.25, 0.3) is 0 Å². The number of hydrogen-bond donors (Lipinski definition) is 0. The van der Waals surface area contributed by atoms with E-state index >= 15 is 0 Å². The predicted molar refractivity (Wildman–Crippen MR) is 72.8 cm³/mol. The largest absolute Gasteiger partial charge is 0.0753 e. The first-order valence-corrected chi connectivity index (χ1v) is 7.71. The Hall–Kier alpha value is -0.350. The lowest BCUT2D eigenvalue weighted by atomic mass is 10.2. The normalized spacial score (nSPS) is 11.0. The summed E-state index contributed by atoms with van der Waals surface area (Å²) in [5.41, 5.74) is 2.84. The summed E-state index contributed by atoms with van der Waals surface area (Å²) in [6.07, 6.45) is 5.43. The second-order valence-corrected chi connectivity index (χ2v) is 6.82. The number of benzene rings is 1. The van der Waals surface area contributed by atoms with Crippen molar-refractivity contribution in [2.24, 2.45) is 0 Å². The average molecular weight is 222 g/mol. The maximum atomic E-state index is 2.39. The van der Waals surface area contributed by atoms with Crippen molar-refractivity contribution in [1.29, 1.82) is 0 Å². The van der Waals surface area contributed by atoms with Crippen LogP contribution >= 0.6 is 7.92 Å². The maximum absolute atomic E-state index is 2.39. The molecule has 1 aromatic carbocycles. The van der Waals surface area contributed by atoms with E-state index in [1.807, 2.05) is 0 Å². The van der Waals surface area contributed by atoms with Crippen LogP contribution in [0.15, 0.2) is 18.2 Å². The van der Waals surface area contributed by atoms with Crippen molar-refractivity contribution in [1.82, 2.24) is 0 Å². The molecule has 0 aliphatic carbocycles. The molecule has 1 aromatic rings. The van der Waals surface area contributed by atoms with Gasteiger partial charge in [0, 0.05) is 0 Å². The summed E-state index contributed by atoms with van der Waals surface area (Å²) in [6.45, 7) is 9.02. The van der Waals surface area contributed by atoms with Gasteiger partial charge >= 0.3 is 0 Å². The van der Waals surface area contributed by atoms with Crippen LogP contribution in [-0.4, -0.2) is 12.3 Å². The van der Waals surface area contributed by atoms with Crippen molar-refractivity contribution < 1.29 is 0 Å². The van der Waals surface area contributed by atoms with E-state index < -0.39 is 0 Å². The molecule has 84 valence electrons. The van der Waals surface area contributed by atoms with Crippen molar-refractivity contribution in [3.05, 3.63) is 29.3 Å². The number of aryl methyl sites for hydroxylation is 2. The first kappa shape index (κ1) is 12.7. The van der Waals surface area contributed by atoms with E-state index in [0.29, 0.717) is 0 Å². The average Bonchev–Trinajstić information content (AvgIpc) is 2.16. The fourth-order valence-electron chi connectivity index (χ4n) is 2.04. The van der Waals surface area contributed by atoms with Gasteiger partial charge in [0.15, 0.2) is 0 Å². The topological polar surface area (TPSA) is 0 Å². The quantitative estimate of drug-likeness (QED) is 0.654. The van der Waals surface area contributed by atoms with Crippen LogP contribution in [0, 0.1) is 13.8 Å². The van der Waals surface area contributed by atoms with Gasteiger partial charge in [0.1, 0.15) is 0 Å². The Kier molecular flexibility index (Phi) is 5.32. The van der Waals surface area contributed by atoms with Crippen LogP contribution in [0.5, 0.6) is 0 Å². The lowest BCUT2D eigenvalue weighted by Crippen LogP contribution is -2.07. The molecule has 0 saturated heterocycles. The molecule has 0 unspecified atom stereocenters. The Morgan fingerprint density at radius 1 is 0.867 bits per heavy atom. The molecule has 1 rings (SSSR count). The predicted octanol–water partition coefficient (Wildman–Crippen LogP) is 4.23. The molecule has 0 spiro atoms. The standard InChI is InChI=1S/C14H23P/c1-5-7-15(8-6-2)14-10-12(3)9-13(4)11-14/h9-11H,5-8H2,1-4H3. The van der Waals surface area contributed by atoms with Crippen LogP contribution in [0.2, 0.25) is 0 Å². The minimum absolute atomic E-state index is 0.112. The first-order chi connectivity index (χ1) is 7.17. The molecule has 0 aliphatic heterocycles. The fourth-order valence-corrected chi connectivity index (χ4v) is 4.64. The summed E-state index contributed by atoms with van der Waals surface area (Å²) in [4.78, 5) is 0. The molecule has 0 fully saturated rings. The van der Waals surface area contributed by atoms with Gasteiger partial charge in [-0.3, -0.25) is 0 Å². The minimum Gasteiger partial charge on any atom is -0.0753 e. The molecular weight excluding hydrogens is 199 g/mol. The van der Waals surface area contributed by atoms with Crippen LogP contribution < -0.4 is 5.30 Å². The molecule has 0 atom stereocenters. The Morgan fingerprint density at radius 2 is 1.33 bits per heavy atom. The van der Waals surface area contributed by atoms with Crippen LogP contribution in [0.4, 0.5) is 0 Å². The van der Waals surface area contributed by atoms with Crippen molar-refractivity contribution in [3.8, 4) is 0 Å². The van der Waals surface area contributed by atoms with Crippen molar-refractivity contribution >= 4 is 13.2 Å². The number of hydrogen-bond acceptors (Lipinski definition) is 0. The molecule has 0 nitrogen and oxygen atoms in total. The molecule has 0 N–H and O–H groups in total. The first-order valence-electron chi connectivity index (χ1n) is 6.00. The molecule has 1 heteroatoms. The Morgan fingerprint density at radius 3 is 1.73 bits per heavy atom. The summed E-state index contributed by atoms with van der Waals surface area (Å²) in [5, 5.41) is 1.62. The van der Waals surface area contributed by atoms with Gasteiger partial charge in [-0.1, -0.05) is 63.9 Å². The van der Waals surface area contributed by atoms with Crippen LogP contribution in [0.25, 0.3) is 0 Å². The van der Waals surface area contributed by atoms with Gasteiger partial charge in [-0.15, -0.1) is 0 Å². The zero-order chi connectivity index (χ0) is 11.3. The highest BCUT2D eigenvalue weighted by molar-refractivity contribution is 7.65. The summed E-state index contributed by atoms with van der Waals surface area (Å²) in [5.74, 6) is 0. The second-order valence-electron chi connectivity index (χ2n) is 4.33. The zero-order valence-electron chi connectivity index (χ0n) is 10.5. The van der Waals surface area contributed by atoms with Gasteiger partial charge in [-0.25, -0.2) is 0 Å². The summed E-state index contributed by atoms with van der Waals surface area (Å²) in [6, 6.07) is 7.06. The van der Waals surface area contributed by atoms with E-state index in [0.717, 1.165) is 0 Å². The van der Waals surface area contributed by atoms with Gasteiger partial charge in [-0.05, 0) is 31.5 Å². The third kappa shape index (κ3) is 3.95. The molecule has 0 heterocycles. The lowest BCUT2D eigenvalue weighted by Gasteiger charge is -2.17. The van der Waals surface area contributed by atoms with Crippen molar-refractivity contribution in [2.45, 2.75) is 40.5 Å². The SMILES string of the molecule is CCCP(CCC)c1cc(C)cc(C)c1. The van der Waals surface area contributed by atoms with Crippen LogP contribution in [0.3, 0.4) is 0 Å². The fraction of sp³-hybridized carbons (Fsp3) is 0.571. The third-order valence-electron chi connectivity index (χ3n) is 2.56. The van der Waals surface area contributed by atoms with Crippen molar-refractivity contribution in [2.75, 3.05) is 12.3 Å². The highest BCUT2D eigenvalue weighted by Gasteiger charge is 2.09. The zero-order valence-corrected chi connectivity index (χ0v) is 11.4.